The van der Waals surface area contributed by atoms with Crippen LogP contribution in [0.1, 0.15) is 39.2 Å². The Morgan fingerprint density at radius 3 is 2.53 bits per heavy atom. The van der Waals surface area contributed by atoms with E-state index in [0.29, 0.717) is 0 Å². The predicted molar refractivity (Wildman–Crippen MR) is 79.5 cm³/mol. The highest BCUT2D eigenvalue weighted by molar-refractivity contribution is 5.89. The van der Waals surface area contributed by atoms with E-state index in [9.17, 15) is 4.79 Å². The van der Waals surface area contributed by atoms with Gasteiger partial charge in [-0.1, -0.05) is 45.1 Å². The van der Waals surface area contributed by atoms with E-state index >= 15 is 0 Å². The van der Waals surface area contributed by atoms with E-state index in [1.54, 1.807) is 0 Å². The highest BCUT2D eigenvalue weighted by atomic mass is 16.2. The zero-order valence-corrected chi connectivity index (χ0v) is 11.9. The number of benzene rings is 1. The molecule has 0 radical (unpaired) electrons. The molecule has 19 heavy (non-hydrogen) atoms. The molecule has 1 aromatic rings. The van der Waals surface area contributed by atoms with Gasteiger partial charge in [-0.3, -0.25) is 0 Å². The maximum Gasteiger partial charge on any atom is 0.319 e. The number of carbonyl (C=O) groups excluding carboxylic acids is 1. The van der Waals surface area contributed by atoms with Gasteiger partial charge in [0.1, 0.15) is 0 Å². The quantitative estimate of drug-likeness (QED) is 0.778. The van der Waals surface area contributed by atoms with Gasteiger partial charge in [-0.2, -0.15) is 0 Å². The second kappa shape index (κ2) is 5.47. The molecule has 0 atom stereocenters. The number of amides is 2. The first-order valence-corrected chi connectivity index (χ1v) is 6.78. The Kier molecular flexibility index (Phi) is 3.93. The first-order valence-electron chi connectivity index (χ1n) is 6.78. The molecule has 0 saturated carbocycles. The van der Waals surface area contributed by atoms with Gasteiger partial charge in [0, 0.05) is 11.7 Å². The number of anilines is 1. The fourth-order valence-corrected chi connectivity index (χ4v) is 2.15. The number of hydrogen-bond acceptors (Lipinski definition) is 1. The summed E-state index contributed by atoms with van der Waals surface area (Å²) in [5, 5.41) is 5.88. The molecule has 0 heterocycles. The molecular weight excluding hydrogens is 236 g/mol. The van der Waals surface area contributed by atoms with E-state index in [0.717, 1.165) is 18.5 Å². The van der Waals surface area contributed by atoms with E-state index in [1.807, 2.05) is 18.2 Å². The van der Waals surface area contributed by atoms with E-state index < -0.39 is 0 Å². The van der Waals surface area contributed by atoms with Gasteiger partial charge in [-0.25, -0.2) is 4.79 Å². The van der Waals surface area contributed by atoms with Gasteiger partial charge in [-0.15, -0.1) is 0 Å². The molecule has 0 bridgehead atoms. The fourth-order valence-electron chi connectivity index (χ4n) is 2.15. The van der Waals surface area contributed by atoms with Crippen molar-refractivity contribution in [1.29, 1.82) is 0 Å². The molecule has 2 rings (SSSR count). The van der Waals surface area contributed by atoms with Crippen molar-refractivity contribution in [2.45, 2.75) is 45.1 Å². The van der Waals surface area contributed by atoms with Gasteiger partial charge in [0.15, 0.2) is 0 Å². The van der Waals surface area contributed by atoms with Crippen LogP contribution in [0.3, 0.4) is 0 Å². The lowest BCUT2D eigenvalue weighted by Crippen LogP contribution is -2.36. The molecule has 0 spiro atoms. The summed E-state index contributed by atoms with van der Waals surface area (Å²) in [7, 11) is 0. The summed E-state index contributed by atoms with van der Waals surface area (Å²) in [5.41, 5.74) is 2.15. The summed E-state index contributed by atoms with van der Waals surface area (Å²) >= 11 is 0. The van der Waals surface area contributed by atoms with E-state index in [1.165, 1.54) is 5.56 Å². The van der Waals surface area contributed by atoms with Crippen LogP contribution in [-0.4, -0.2) is 12.1 Å². The molecule has 2 N–H and O–H groups in total. The highest BCUT2D eigenvalue weighted by Gasteiger charge is 2.15. The molecule has 3 nitrogen and oxygen atoms in total. The first kappa shape index (κ1) is 13.7. The normalized spacial score (nSPS) is 15.5. The van der Waals surface area contributed by atoms with Crippen LogP contribution >= 0.6 is 0 Å². The summed E-state index contributed by atoms with van der Waals surface area (Å²) in [6.45, 7) is 6.49. The largest absolute Gasteiger partial charge is 0.335 e. The first-order chi connectivity index (χ1) is 8.95. The number of urea groups is 1. The zero-order valence-electron chi connectivity index (χ0n) is 11.9. The molecule has 0 aliphatic heterocycles. The van der Waals surface area contributed by atoms with Crippen LogP contribution in [0.15, 0.2) is 36.4 Å². The minimum Gasteiger partial charge on any atom is -0.335 e. The third kappa shape index (κ3) is 3.85. The molecule has 0 aromatic heterocycles. The zero-order chi connectivity index (χ0) is 13.9. The average molecular weight is 258 g/mol. The van der Waals surface area contributed by atoms with Gasteiger partial charge < -0.3 is 10.6 Å². The third-order valence-corrected chi connectivity index (χ3v) is 3.33. The summed E-state index contributed by atoms with van der Waals surface area (Å²) in [6.07, 6.45) is 6.06. The van der Waals surface area contributed by atoms with Crippen molar-refractivity contribution in [3.8, 4) is 0 Å². The van der Waals surface area contributed by atoms with Crippen LogP contribution in [0.2, 0.25) is 0 Å². The molecule has 0 fully saturated rings. The minimum atomic E-state index is -0.125. The van der Waals surface area contributed by atoms with Crippen LogP contribution in [0, 0.1) is 0 Å². The van der Waals surface area contributed by atoms with E-state index in [4.69, 9.17) is 0 Å². The van der Waals surface area contributed by atoms with Crippen molar-refractivity contribution < 1.29 is 4.79 Å². The summed E-state index contributed by atoms with van der Waals surface area (Å²) in [5.74, 6) is 0. The van der Waals surface area contributed by atoms with Crippen LogP contribution in [0.25, 0.3) is 0 Å². The molecule has 1 aromatic carbocycles. The summed E-state index contributed by atoms with van der Waals surface area (Å²) < 4.78 is 0. The summed E-state index contributed by atoms with van der Waals surface area (Å²) in [6, 6.07) is 8.14. The maximum absolute atomic E-state index is 11.9. The van der Waals surface area contributed by atoms with Gasteiger partial charge >= 0.3 is 6.03 Å². The monoisotopic (exact) mass is 258 g/mol. The Morgan fingerprint density at radius 1 is 1.21 bits per heavy atom. The van der Waals surface area contributed by atoms with Crippen LogP contribution in [0.4, 0.5) is 10.5 Å². The van der Waals surface area contributed by atoms with Crippen molar-refractivity contribution in [3.05, 3.63) is 42.0 Å². The van der Waals surface area contributed by atoms with Crippen molar-refractivity contribution >= 4 is 11.7 Å². The predicted octanol–water partition coefficient (Wildman–Crippen LogP) is 3.82. The Hall–Kier alpha value is -1.77. The Balaban J connectivity index is 1.96. The lowest BCUT2D eigenvalue weighted by molar-refractivity contribution is 0.249. The van der Waals surface area contributed by atoms with Gasteiger partial charge in [0.2, 0.25) is 0 Å². The van der Waals surface area contributed by atoms with Crippen LogP contribution in [0.5, 0.6) is 0 Å². The number of carbonyl (C=O) groups is 1. The lowest BCUT2D eigenvalue weighted by atomic mass is 9.87. The van der Waals surface area contributed by atoms with Crippen molar-refractivity contribution in [2.75, 3.05) is 5.32 Å². The third-order valence-electron chi connectivity index (χ3n) is 3.33. The molecule has 102 valence electrons. The Labute approximate surface area is 115 Å². The van der Waals surface area contributed by atoms with Crippen LogP contribution < -0.4 is 10.6 Å². The van der Waals surface area contributed by atoms with E-state index in [2.05, 4.69) is 49.6 Å². The molecule has 1 aliphatic rings. The smallest absolute Gasteiger partial charge is 0.319 e. The molecule has 2 amide bonds. The number of nitrogens with one attached hydrogen (secondary N) is 2. The number of hydrogen-bond donors (Lipinski definition) is 2. The van der Waals surface area contributed by atoms with Gasteiger partial charge in [0.05, 0.1) is 0 Å². The maximum atomic E-state index is 11.9. The van der Waals surface area contributed by atoms with Crippen molar-refractivity contribution in [2.24, 2.45) is 0 Å². The SMILES string of the molecule is CC(C)(C)c1cccc(NC(=O)NC2CC=CC2)c1. The molecule has 0 unspecified atom stereocenters. The van der Waals surface area contributed by atoms with Crippen molar-refractivity contribution in [3.63, 3.8) is 0 Å². The fraction of sp³-hybridized carbons (Fsp3) is 0.438. The molecular formula is C16H22N2O. The summed E-state index contributed by atoms with van der Waals surface area (Å²) in [4.78, 5) is 11.9. The van der Waals surface area contributed by atoms with Crippen molar-refractivity contribution in [1.82, 2.24) is 5.32 Å². The second-order valence-electron chi connectivity index (χ2n) is 6.07. The highest BCUT2D eigenvalue weighted by Crippen LogP contribution is 2.24. The Bertz CT molecular complexity index is 478. The van der Waals surface area contributed by atoms with Gasteiger partial charge in [-0.05, 0) is 36.0 Å². The minimum absolute atomic E-state index is 0.0868. The van der Waals surface area contributed by atoms with Gasteiger partial charge in [0.25, 0.3) is 0 Å². The van der Waals surface area contributed by atoms with E-state index in [-0.39, 0.29) is 17.5 Å². The molecule has 0 saturated heterocycles. The topological polar surface area (TPSA) is 41.1 Å². The lowest BCUT2D eigenvalue weighted by Gasteiger charge is -2.20. The van der Waals surface area contributed by atoms with Crippen LogP contribution in [-0.2, 0) is 5.41 Å². The number of rotatable bonds is 2. The average Bonchev–Trinajstić information content (AvgIpc) is 2.80. The molecule has 3 heteroatoms. The Morgan fingerprint density at radius 2 is 1.89 bits per heavy atom. The molecule has 1 aliphatic carbocycles. The second-order valence-corrected chi connectivity index (χ2v) is 6.07. The standard InChI is InChI=1S/C16H22N2O/c1-16(2,3)12-7-6-10-14(11-12)18-15(19)17-13-8-4-5-9-13/h4-7,10-11,13H,8-9H2,1-3H3,(H2,17,18,19).